The monoisotopic (exact) mass is 346 g/mol. The Labute approximate surface area is 142 Å². The molecule has 6 heteroatoms. The first-order chi connectivity index (χ1) is 10.6. The first kappa shape index (κ1) is 22.3. The van der Waals surface area contributed by atoms with Crippen molar-refractivity contribution in [2.45, 2.75) is 91.8 Å². The minimum Gasteiger partial charge on any atom is -0.460 e. The van der Waals surface area contributed by atoms with Crippen LogP contribution in [0.3, 0.4) is 0 Å². The molecule has 5 nitrogen and oxygen atoms in total. The zero-order valence-corrected chi connectivity index (χ0v) is 16.8. The van der Waals surface area contributed by atoms with Crippen LogP contribution in [0.4, 0.5) is 0 Å². The first-order valence-electron chi connectivity index (χ1n) is 8.46. The normalized spacial score (nSPS) is 13.7. The zero-order valence-electron chi connectivity index (χ0n) is 15.8. The second-order valence-corrected chi connectivity index (χ2v) is 9.10. The molecule has 1 unspecified atom stereocenters. The lowest BCUT2D eigenvalue weighted by Crippen LogP contribution is -2.50. The Bertz CT molecular complexity index is 328. The minimum absolute atomic E-state index is 0.0372. The van der Waals surface area contributed by atoms with Gasteiger partial charge in [-0.25, -0.2) is 4.79 Å². The van der Waals surface area contributed by atoms with Crippen molar-refractivity contribution >= 4 is 14.8 Å². The number of rotatable bonds is 12. The second kappa shape index (κ2) is 11.0. The molecule has 0 bridgehead atoms. The van der Waals surface area contributed by atoms with Crippen molar-refractivity contribution in [2.75, 3.05) is 0 Å². The number of hydrogen-bond acceptors (Lipinski definition) is 5. The number of hydrogen-bond donors (Lipinski definition) is 0. The van der Waals surface area contributed by atoms with Gasteiger partial charge in [0.2, 0.25) is 0 Å². The van der Waals surface area contributed by atoms with Crippen LogP contribution in [0.25, 0.3) is 0 Å². The van der Waals surface area contributed by atoms with E-state index in [2.05, 4.69) is 6.58 Å². The summed E-state index contributed by atoms with van der Waals surface area (Å²) in [6, 6.07) is 0.706. The van der Waals surface area contributed by atoms with Crippen LogP contribution in [0.2, 0.25) is 6.04 Å². The third kappa shape index (κ3) is 10.7. The maximum Gasteiger partial charge on any atom is 0.501 e. The van der Waals surface area contributed by atoms with Crippen LogP contribution in [0.1, 0.15) is 61.3 Å². The molecule has 136 valence electrons. The molecule has 1 atom stereocenters. The van der Waals surface area contributed by atoms with E-state index in [4.69, 9.17) is 18.0 Å². The van der Waals surface area contributed by atoms with Crippen molar-refractivity contribution in [3.63, 3.8) is 0 Å². The minimum atomic E-state index is -2.76. The molecular weight excluding hydrogens is 312 g/mol. The molecule has 0 amide bonds. The van der Waals surface area contributed by atoms with Gasteiger partial charge in [-0.3, -0.25) is 0 Å². The highest BCUT2D eigenvalue weighted by Crippen LogP contribution is 2.25. The maximum atomic E-state index is 11.2. The summed E-state index contributed by atoms with van der Waals surface area (Å²) in [6.45, 7) is 17.2. The van der Waals surface area contributed by atoms with Gasteiger partial charge in [0, 0.05) is 30.4 Å². The van der Waals surface area contributed by atoms with E-state index < -0.39 is 14.8 Å². The van der Waals surface area contributed by atoms with Crippen LogP contribution in [-0.4, -0.2) is 39.2 Å². The first-order valence-corrected chi connectivity index (χ1v) is 10.4. The molecule has 0 rings (SSSR count). The quantitative estimate of drug-likeness (QED) is 0.302. The highest BCUT2D eigenvalue weighted by atomic mass is 28.4. The van der Waals surface area contributed by atoms with Gasteiger partial charge in [-0.05, 0) is 61.3 Å². The summed E-state index contributed by atoms with van der Waals surface area (Å²) in [6.07, 6.45) is 2.68. The summed E-state index contributed by atoms with van der Waals surface area (Å²) >= 11 is 0. The van der Waals surface area contributed by atoms with Gasteiger partial charge in [-0.2, -0.15) is 0 Å². The van der Waals surface area contributed by atoms with E-state index >= 15 is 0 Å². The zero-order chi connectivity index (χ0) is 18.0. The number of carbonyl (C=O) groups excluding carboxylic acids is 1. The number of carbonyl (C=O) groups is 1. The lowest BCUT2D eigenvalue weighted by atomic mass is 10.2. The van der Waals surface area contributed by atoms with E-state index in [0.717, 1.165) is 12.8 Å². The number of esters is 1. The third-order valence-electron chi connectivity index (χ3n) is 2.82. The highest BCUT2D eigenvalue weighted by Gasteiger charge is 2.43. The largest absolute Gasteiger partial charge is 0.501 e. The lowest BCUT2D eigenvalue weighted by Gasteiger charge is -2.34. The average Bonchev–Trinajstić information content (AvgIpc) is 2.35. The summed E-state index contributed by atoms with van der Waals surface area (Å²) in [4.78, 5) is 11.2. The molecule has 0 N–H and O–H groups in total. The van der Waals surface area contributed by atoms with Crippen molar-refractivity contribution in [3.8, 4) is 0 Å². The molecule has 0 fully saturated rings. The Hall–Kier alpha value is -0.693. The molecular formula is C17H34O5Si. The van der Waals surface area contributed by atoms with E-state index in [1.165, 1.54) is 6.08 Å². The van der Waals surface area contributed by atoms with Crippen LogP contribution in [-0.2, 0) is 22.8 Å². The van der Waals surface area contributed by atoms with Crippen LogP contribution in [0, 0.1) is 0 Å². The Morgan fingerprint density at radius 1 is 0.957 bits per heavy atom. The molecule has 0 aromatic rings. The molecule has 0 aliphatic rings. The average molecular weight is 347 g/mol. The Morgan fingerprint density at radius 3 is 1.74 bits per heavy atom. The Kier molecular flexibility index (Phi) is 10.6. The maximum absolute atomic E-state index is 11.2. The topological polar surface area (TPSA) is 54.0 Å². The second-order valence-electron chi connectivity index (χ2n) is 6.53. The van der Waals surface area contributed by atoms with Crippen molar-refractivity contribution in [1.29, 1.82) is 0 Å². The van der Waals surface area contributed by atoms with Crippen molar-refractivity contribution in [1.82, 2.24) is 0 Å². The lowest BCUT2D eigenvalue weighted by molar-refractivity contribution is -0.142. The van der Waals surface area contributed by atoms with Gasteiger partial charge in [0.25, 0.3) is 0 Å². The van der Waals surface area contributed by atoms with Crippen molar-refractivity contribution < 1.29 is 22.8 Å². The fraction of sp³-hybridized carbons (Fsp3) is 0.824. The van der Waals surface area contributed by atoms with E-state index in [0.29, 0.717) is 6.04 Å². The molecule has 0 aromatic carbocycles. The molecule has 0 aromatic heterocycles. The van der Waals surface area contributed by atoms with Gasteiger partial charge in [0.15, 0.2) is 0 Å². The van der Waals surface area contributed by atoms with Crippen LogP contribution in [0.15, 0.2) is 12.7 Å². The summed E-state index contributed by atoms with van der Waals surface area (Å²) < 4.78 is 23.5. The molecule has 0 spiro atoms. The van der Waals surface area contributed by atoms with Gasteiger partial charge < -0.3 is 18.0 Å². The summed E-state index contributed by atoms with van der Waals surface area (Å²) in [7, 11) is -2.76. The standard InChI is InChI=1S/C17H34O5Si/c1-9-17(18)19-16(8)11-10-12-23(20-13(2)3,21-14(4)5)22-15(6)7/h9,13-16H,1,10-12H2,2-8H3. The van der Waals surface area contributed by atoms with Crippen molar-refractivity contribution in [3.05, 3.63) is 12.7 Å². The van der Waals surface area contributed by atoms with Crippen LogP contribution in [0.5, 0.6) is 0 Å². The van der Waals surface area contributed by atoms with Gasteiger partial charge in [-0.1, -0.05) is 6.58 Å². The van der Waals surface area contributed by atoms with Gasteiger partial charge in [-0.15, -0.1) is 0 Å². The Morgan fingerprint density at radius 2 is 1.39 bits per heavy atom. The summed E-state index contributed by atoms with van der Waals surface area (Å²) in [5.41, 5.74) is 0. The van der Waals surface area contributed by atoms with Crippen molar-refractivity contribution in [2.24, 2.45) is 0 Å². The molecule has 0 heterocycles. The molecule has 0 aliphatic carbocycles. The molecule has 23 heavy (non-hydrogen) atoms. The molecule has 0 radical (unpaired) electrons. The predicted octanol–water partition coefficient (Wildman–Crippen LogP) is 4.10. The van der Waals surface area contributed by atoms with E-state index in [1.807, 2.05) is 48.5 Å². The van der Waals surface area contributed by atoms with Gasteiger partial charge in [0.1, 0.15) is 0 Å². The molecule has 0 aliphatic heterocycles. The van der Waals surface area contributed by atoms with E-state index in [9.17, 15) is 4.79 Å². The summed E-state index contributed by atoms with van der Waals surface area (Å²) in [5.74, 6) is -0.392. The van der Waals surface area contributed by atoms with Crippen LogP contribution >= 0.6 is 0 Å². The number of ether oxygens (including phenoxy) is 1. The molecule has 0 saturated heterocycles. The fourth-order valence-corrected chi connectivity index (χ4v) is 5.56. The van der Waals surface area contributed by atoms with Gasteiger partial charge >= 0.3 is 14.8 Å². The highest BCUT2D eigenvalue weighted by molar-refractivity contribution is 6.60. The Balaban J connectivity index is 4.77. The van der Waals surface area contributed by atoms with E-state index in [-0.39, 0.29) is 24.4 Å². The van der Waals surface area contributed by atoms with E-state index in [1.54, 1.807) is 0 Å². The smallest absolute Gasteiger partial charge is 0.460 e. The SMILES string of the molecule is C=CC(=O)OC(C)CCC[Si](OC(C)C)(OC(C)C)OC(C)C. The van der Waals surface area contributed by atoms with Crippen LogP contribution < -0.4 is 0 Å². The van der Waals surface area contributed by atoms with Gasteiger partial charge in [0.05, 0.1) is 6.10 Å². The third-order valence-corrected chi connectivity index (χ3v) is 6.28. The summed E-state index contributed by atoms with van der Waals surface area (Å²) in [5, 5.41) is 0. The molecule has 0 saturated carbocycles. The fourth-order valence-electron chi connectivity index (χ4n) is 2.25. The predicted molar refractivity (Wildman–Crippen MR) is 94.2 cm³/mol.